The summed E-state index contributed by atoms with van der Waals surface area (Å²) >= 11 is 0. The monoisotopic (exact) mass is 287 g/mol. The first-order chi connectivity index (χ1) is 10.2. The van der Waals surface area contributed by atoms with Gasteiger partial charge in [0, 0.05) is 25.8 Å². The molecule has 0 saturated heterocycles. The van der Waals surface area contributed by atoms with Crippen LogP contribution >= 0.6 is 0 Å². The van der Waals surface area contributed by atoms with Crippen LogP contribution in [0.4, 0.5) is 0 Å². The van der Waals surface area contributed by atoms with Crippen molar-refractivity contribution in [3.8, 4) is 5.75 Å². The van der Waals surface area contributed by atoms with Gasteiger partial charge in [-0.1, -0.05) is 44.2 Å². The van der Waals surface area contributed by atoms with Crippen LogP contribution in [0, 0.1) is 5.92 Å². The molecular weight excluding hydrogens is 262 g/mol. The molecule has 0 fully saturated rings. The number of rotatable bonds is 8. The summed E-state index contributed by atoms with van der Waals surface area (Å²) in [5.74, 6) is 1.50. The van der Waals surface area contributed by atoms with Crippen molar-refractivity contribution in [2.45, 2.75) is 20.4 Å². The summed E-state index contributed by atoms with van der Waals surface area (Å²) in [4.78, 5) is 0. The Morgan fingerprint density at radius 2 is 1.90 bits per heavy atom. The normalized spacial score (nSPS) is 11.2. The second kappa shape index (κ2) is 8.01. The number of hydrogen-bond donors (Lipinski definition) is 1. The third-order valence-corrected chi connectivity index (χ3v) is 3.35. The molecular formula is C18H25NO2. The first-order valence-corrected chi connectivity index (χ1v) is 7.55. The Labute approximate surface area is 127 Å². The third kappa shape index (κ3) is 4.45. The second-order valence-electron chi connectivity index (χ2n) is 5.64. The zero-order chi connectivity index (χ0) is 15.1. The average molecular weight is 287 g/mol. The van der Waals surface area contributed by atoms with Crippen LogP contribution in [0.2, 0.25) is 0 Å². The lowest BCUT2D eigenvalue weighted by Crippen LogP contribution is -2.19. The number of methoxy groups -OCH3 is 1. The summed E-state index contributed by atoms with van der Waals surface area (Å²) < 4.78 is 11.1. The Kier molecular flexibility index (Phi) is 6.03. The van der Waals surface area contributed by atoms with E-state index in [0.717, 1.165) is 25.4 Å². The van der Waals surface area contributed by atoms with E-state index in [-0.39, 0.29) is 0 Å². The fraction of sp³-hybridized carbons (Fsp3) is 0.444. The summed E-state index contributed by atoms with van der Waals surface area (Å²) in [6.07, 6.45) is 0. The van der Waals surface area contributed by atoms with Crippen LogP contribution < -0.4 is 10.1 Å². The molecule has 0 aliphatic carbocycles. The fourth-order valence-electron chi connectivity index (χ4n) is 2.28. The Bertz CT molecular complexity index is 566. The molecule has 3 heteroatoms. The molecule has 0 unspecified atom stereocenters. The molecule has 0 atom stereocenters. The highest BCUT2D eigenvalue weighted by atomic mass is 16.5. The van der Waals surface area contributed by atoms with Crippen molar-refractivity contribution in [1.82, 2.24) is 5.32 Å². The van der Waals surface area contributed by atoms with Gasteiger partial charge in [-0.15, -0.1) is 0 Å². The van der Waals surface area contributed by atoms with Gasteiger partial charge in [0.15, 0.2) is 0 Å². The van der Waals surface area contributed by atoms with Crippen LogP contribution in [-0.4, -0.2) is 26.9 Å². The molecule has 0 radical (unpaired) electrons. The van der Waals surface area contributed by atoms with Gasteiger partial charge >= 0.3 is 0 Å². The van der Waals surface area contributed by atoms with E-state index in [0.29, 0.717) is 12.5 Å². The van der Waals surface area contributed by atoms with Crippen molar-refractivity contribution < 1.29 is 9.47 Å². The summed E-state index contributed by atoms with van der Waals surface area (Å²) in [5, 5.41) is 5.92. The molecule has 21 heavy (non-hydrogen) atoms. The van der Waals surface area contributed by atoms with Crippen molar-refractivity contribution in [1.29, 1.82) is 0 Å². The van der Waals surface area contributed by atoms with Gasteiger partial charge in [-0.2, -0.15) is 0 Å². The van der Waals surface area contributed by atoms with Crippen molar-refractivity contribution in [3.05, 3.63) is 42.0 Å². The number of nitrogens with one attached hydrogen (secondary N) is 1. The minimum Gasteiger partial charge on any atom is -0.493 e. The summed E-state index contributed by atoms with van der Waals surface area (Å²) in [6, 6.07) is 12.7. The molecule has 0 aromatic heterocycles. The van der Waals surface area contributed by atoms with E-state index < -0.39 is 0 Å². The molecule has 0 bridgehead atoms. The number of ether oxygens (including phenoxy) is 2. The lowest BCUT2D eigenvalue weighted by molar-refractivity contribution is 0.199. The molecule has 0 heterocycles. The lowest BCUT2D eigenvalue weighted by atomic mass is 10.0. The Balaban J connectivity index is 2.23. The summed E-state index contributed by atoms with van der Waals surface area (Å²) in [6.45, 7) is 7.41. The average Bonchev–Trinajstić information content (AvgIpc) is 2.50. The van der Waals surface area contributed by atoms with E-state index in [1.165, 1.54) is 16.3 Å². The highest BCUT2D eigenvalue weighted by Crippen LogP contribution is 2.28. The summed E-state index contributed by atoms with van der Waals surface area (Å²) in [5.41, 5.74) is 1.23. The maximum atomic E-state index is 5.99. The second-order valence-corrected chi connectivity index (χ2v) is 5.64. The first-order valence-electron chi connectivity index (χ1n) is 7.55. The van der Waals surface area contributed by atoms with Gasteiger partial charge in [0.1, 0.15) is 5.75 Å². The fourth-order valence-corrected chi connectivity index (χ4v) is 2.28. The summed E-state index contributed by atoms with van der Waals surface area (Å²) in [7, 11) is 1.72. The standard InChI is InChI=1S/C18H25NO2/c1-14(2)13-21-18-9-8-15-6-4-5-7-16(15)17(18)12-19-10-11-20-3/h4-9,14,19H,10-13H2,1-3H3. The van der Waals surface area contributed by atoms with Gasteiger partial charge in [0.25, 0.3) is 0 Å². The quantitative estimate of drug-likeness (QED) is 0.752. The van der Waals surface area contributed by atoms with Crippen molar-refractivity contribution >= 4 is 10.8 Å². The minimum absolute atomic E-state index is 0.519. The molecule has 114 valence electrons. The van der Waals surface area contributed by atoms with E-state index in [1.807, 2.05) is 0 Å². The number of fused-ring (bicyclic) bond motifs is 1. The van der Waals surface area contributed by atoms with Crippen LogP contribution in [0.3, 0.4) is 0 Å². The molecule has 2 aromatic carbocycles. The molecule has 0 saturated carbocycles. The topological polar surface area (TPSA) is 30.5 Å². The molecule has 2 rings (SSSR count). The maximum Gasteiger partial charge on any atom is 0.124 e. The predicted octanol–water partition coefficient (Wildman–Crippen LogP) is 3.61. The van der Waals surface area contributed by atoms with Crippen molar-refractivity contribution in [2.24, 2.45) is 5.92 Å². The largest absolute Gasteiger partial charge is 0.493 e. The third-order valence-electron chi connectivity index (χ3n) is 3.35. The highest BCUT2D eigenvalue weighted by Gasteiger charge is 2.09. The highest BCUT2D eigenvalue weighted by molar-refractivity contribution is 5.87. The lowest BCUT2D eigenvalue weighted by Gasteiger charge is -2.16. The van der Waals surface area contributed by atoms with Crippen LogP contribution in [0.1, 0.15) is 19.4 Å². The molecule has 3 nitrogen and oxygen atoms in total. The van der Waals surface area contributed by atoms with Gasteiger partial charge < -0.3 is 14.8 Å². The predicted molar refractivity (Wildman–Crippen MR) is 87.9 cm³/mol. The zero-order valence-electron chi connectivity index (χ0n) is 13.2. The zero-order valence-corrected chi connectivity index (χ0v) is 13.2. The van der Waals surface area contributed by atoms with Gasteiger partial charge in [-0.05, 0) is 22.8 Å². The van der Waals surface area contributed by atoms with E-state index >= 15 is 0 Å². The molecule has 0 aliphatic rings. The maximum absolute atomic E-state index is 5.99. The molecule has 0 aliphatic heterocycles. The Hall–Kier alpha value is -1.58. The minimum atomic E-state index is 0.519. The Morgan fingerprint density at radius 3 is 2.67 bits per heavy atom. The van der Waals surface area contributed by atoms with Crippen molar-refractivity contribution in [2.75, 3.05) is 26.9 Å². The Morgan fingerprint density at radius 1 is 1.10 bits per heavy atom. The van der Waals surface area contributed by atoms with Crippen LogP contribution in [0.5, 0.6) is 5.75 Å². The van der Waals surface area contributed by atoms with Crippen LogP contribution in [-0.2, 0) is 11.3 Å². The molecule has 0 amide bonds. The van der Waals surface area contributed by atoms with Crippen molar-refractivity contribution in [3.63, 3.8) is 0 Å². The SMILES string of the molecule is COCCNCc1c(OCC(C)C)ccc2ccccc12. The molecule has 0 spiro atoms. The first kappa shape index (κ1) is 15.8. The van der Waals surface area contributed by atoms with Crippen LogP contribution in [0.25, 0.3) is 10.8 Å². The van der Waals surface area contributed by atoms with Gasteiger partial charge in [-0.3, -0.25) is 0 Å². The van der Waals surface area contributed by atoms with E-state index in [1.54, 1.807) is 7.11 Å². The van der Waals surface area contributed by atoms with E-state index in [9.17, 15) is 0 Å². The molecule has 2 aromatic rings. The van der Waals surface area contributed by atoms with Gasteiger partial charge in [-0.25, -0.2) is 0 Å². The van der Waals surface area contributed by atoms with Gasteiger partial charge in [0.05, 0.1) is 13.2 Å². The van der Waals surface area contributed by atoms with Crippen LogP contribution in [0.15, 0.2) is 36.4 Å². The molecule has 1 N–H and O–H groups in total. The number of benzene rings is 2. The van der Waals surface area contributed by atoms with E-state index in [4.69, 9.17) is 9.47 Å². The number of hydrogen-bond acceptors (Lipinski definition) is 3. The van der Waals surface area contributed by atoms with Gasteiger partial charge in [0.2, 0.25) is 0 Å². The van der Waals surface area contributed by atoms with E-state index in [2.05, 4.69) is 55.6 Å². The smallest absolute Gasteiger partial charge is 0.124 e.